The molecule has 0 saturated carbocycles. The van der Waals surface area contributed by atoms with Gasteiger partial charge in [0.15, 0.2) is 6.61 Å². The van der Waals surface area contributed by atoms with E-state index in [-0.39, 0.29) is 12.3 Å². The Balaban J connectivity index is 1.84. The predicted octanol–water partition coefficient (Wildman–Crippen LogP) is 0.678. The van der Waals surface area contributed by atoms with Crippen molar-refractivity contribution in [1.82, 2.24) is 9.80 Å². The number of benzene rings is 1. The molecule has 1 aliphatic rings. The van der Waals surface area contributed by atoms with E-state index >= 15 is 0 Å². The highest BCUT2D eigenvalue weighted by molar-refractivity contribution is 7.99. The van der Waals surface area contributed by atoms with Gasteiger partial charge in [-0.15, -0.1) is 11.8 Å². The number of ether oxygens (including phenoxy) is 1. The van der Waals surface area contributed by atoms with Crippen molar-refractivity contribution in [2.75, 3.05) is 37.8 Å². The number of nitrogens with zero attached hydrogens (tertiary/aromatic N) is 3. The van der Waals surface area contributed by atoms with Gasteiger partial charge >= 0.3 is 12.0 Å². The molecule has 4 amide bonds. The molecule has 1 N–H and O–H groups in total. The highest BCUT2D eigenvalue weighted by Gasteiger charge is 2.35. The average Bonchev–Trinajstić information content (AvgIpc) is 2.85. The van der Waals surface area contributed by atoms with E-state index in [1.807, 2.05) is 6.07 Å². The van der Waals surface area contributed by atoms with E-state index in [2.05, 4.69) is 5.32 Å². The van der Waals surface area contributed by atoms with Gasteiger partial charge in [-0.05, 0) is 12.1 Å². The first-order valence-electron chi connectivity index (χ1n) is 7.52. The second-order valence-corrected chi connectivity index (χ2v) is 6.29. The molecular formula is C16H16N4O5S. The zero-order valence-electron chi connectivity index (χ0n) is 13.9. The summed E-state index contributed by atoms with van der Waals surface area (Å²) >= 11 is 1.27. The van der Waals surface area contributed by atoms with Gasteiger partial charge in [0.05, 0.1) is 17.5 Å². The van der Waals surface area contributed by atoms with Gasteiger partial charge in [0.25, 0.3) is 11.8 Å². The summed E-state index contributed by atoms with van der Waals surface area (Å²) in [6, 6.07) is 8.33. The van der Waals surface area contributed by atoms with Crippen LogP contribution in [-0.4, -0.2) is 66.1 Å². The van der Waals surface area contributed by atoms with E-state index in [9.17, 15) is 19.2 Å². The number of rotatable bonds is 7. The zero-order chi connectivity index (χ0) is 19.1. The fraction of sp³-hybridized carbons (Fsp3) is 0.312. The second-order valence-electron chi connectivity index (χ2n) is 5.27. The Kier molecular flexibility index (Phi) is 6.57. The number of hydrogen-bond acceptors (Lipinski definition) is 7. The van der Waals surface area contributed by atoms with Crippen LogP contribution in [0.4, 0.5) is 10.5 Å². The molecule has 0 radical (unpaired) electrons. The molecule has 1 saturated heterocycles. The average molecular weight is 376 g/mol. The number of para-hydroxylation sites is 1. The number of hydrogen-bond donors (Lipinski definition) is 1. The summed E-state index contributed by atoms with van der Waals surface area (Å²) in [5.41, 5.74) is 0.500. The van der Waals surface area contributed by atoms with Crippen molar-refractivity contribution in [3.05, 3.63) is 24.3 Å². The molecule has 26 heavy (non-hydrogen) atoms. The van der Waals surface area contributed by atoms with Crippen LogP contribution in [0.1, 0.15) is 0 Å². The Morgan fingerprint density at radius 3 is 2.73 bits per heavy atom. The molecular weight excluding hydrogens is 360 g/mol. The van der Waals surface area contributed by atoms with E-state index in [1.165, 1.54) is 23.7 Å². The molecule has 0 aromatic heterocycles. The highest BCUT2D eigenvalue weighted by Crippen LogP contribution is 2.26. The molecule has 1 aromatic carbocycles. The second kappa shape index (κ2) is 8.87. The van der Waals surface area contributed by atoms with Crippen molar-refractivity contribution in [1.29, 1.82) is 5.26 Å². The first-order chi connectivity index (χ1) is 12.4. The van der Waals surface area contributed by atoms with Gasteiger partial charge in [-0.1, -0.05) is 12.1 Å². The number of nitrogens with one attached hydrogen (secondary N) is 1. The largest absolute Gasteiger partial charge is 0.454 e. The molecule has 2 rings (SSSR count). The van der Waals surface area contributed by atoms with Crippen LogP contribution in [-0.2, 0) is 19.1 Å². The molecule has 0 spiro atoms. The van der Waals surface area contributed by atoms with E-state index in [0.29, 0.717) is 10.6 Å². The van der Waals surface area contributed by atoms with Crippen molar-refractivity contribution < 1.29 is 23.9 Å². The number of likely N-dealkylation sites (N-methyl/N-ethyl adjacent to an activating group) is 1. The van der Waals surface area contributed by atoms with Crippen LogP contribution < -0.4 is 5.32 Å². The summed E-state index contributed by atoms with van der Waals surface area (Å²) in [4.78, 5) is 49.6. The van der Waals surface area contributed by atoms with Crippen LogP contribution in [0.25, 0.3) is 0 Å². The zero-order valence-corrected chi connectivity index (χ0v) is 14.7. The third-order valence-corrected chi connectivity index (χ3v) is 4.28. The first-order valence-corrected chi connectivity index (χ1v) is 8.50. The lowest BCUT2D eigenvalue weighted by molar-refractivity contribution is -0.149. The summed E-state index contributed by atoms with van der Waals surface area (Å²) in [6.07, 6.45) is 0. The lowest BCUT2D eigenvalue weighted by Gasteiger charge is -2.13. The monoisotopic (exact) mass is 376 g/mol. The van der Waals surface area contributed by atoms with E-state index in [4.69, 9.17) is 10.00 Å². The van der Waals surface area contributed by atoms with Crippen molar-refractivity contribution in [2.24, 2.45) is 0 Å². The van der Waals surface area contributed by atoms with Gasteiger partial charge in [0.1, 0.15) is 13.1 Å². The molecule has 1 fully saturated rings. The Labute approximate surface area is 153 Å². The fourth-order valence-corrected chi connectivity index (χ4v) is 2.81. The number of thioether (sulfide) groups is 1. The van der Waals surface area contributed by atoms with Crippen molar-refractivity contribution in [2.45, 2.75) is 4.90 Å². The molecule has 136 valence electrons. The third kappa shape index (κ3) is 4.97. The Morgan fingerprint density at radius 2 is 2.08 bits per heavy atom. The van der Waals surface area contributed by atoms with Gasteiger partial charge in [0, 0.05) is 11.9 Å². The van der Waals surface area contributed by atoms with Crippen LogP contribution in [0.2, 0.25) is 0 Å². The summed E-state index contributed by atoms with van der Waals surface area (Å²) in [6.45, 7) is -1.18. The van der Waals surface area contributed by atoms with E-state index in [0.717, 1.165) is 4.90 Å². The molecule has 0 unspecified atom stereocenters. The molecule has 1 aliphatic heterocycles. The maximum atomic E-state index is 11.9. The molecule has 10 heteroatoms. The number of amides is 4. The summed E-state index contributed by atoms with van der Waals surface area (Å²) in [5, 5.41) is 11.2. The Morgan fingerprint density at radius 1 is 1.35 bits per heavy atom. The number of imide groups is 1. The van der Waals surface area contributed by atoms with Gasteiger partial charge in [0.2, 0.25) is 0 Å². The summed E-state index contributed by atoms with van der Waals surface area (Å²) in [5.74, 6) is -1.69. The van der Waals surface area contributed by atoms with E-state index in [1.54, 1.807) is 24.3 Å². The van der Waals surface area contributed by atoms with Crippen LogP contribution >= 0.6 is 11.8 Å². The summed E-state index contributed by atoms with van der Waals surface area (Å²) < 4.78 is 4.82. The van der Waals surface area contributed by atoms with Gasteiger partial charge in [-0.25, -0.2) is 4.79 Å². The van der Waals surface area contributed by atoms with Crippen LogP contribution in [0.15, 0.2) is 29.2 Å². The Hall–Kier alpha value is -3.06. The summed E-state index contributed by atoms with van der Waals surface area (Å²) in [7, 11) is 1.45. The minimum atomic E-state index is -0.857. The maximum Gasteiger partial charge on any atom is 0.327 e. The van der Waals surface area contributed by atoms with Crippen LogP contribution in [0, 0.1) is 11.3 Å². The van der Waals surface area contributed by atoms with Crippen LogP contribution in [0.5, 0.6) is 0 Å². The Bertz CT molecular complexity index is 776. The molecule has 9 nitrogen and oxygen atoms in total. The molecule has 1 aromatic rings. The first kappa shape index (κ1) is 19.3. The van der Waals surface area contributed by atoms with Gasteiger partial charge < -0.3 is 15.0 Å². The lowest BCUT2D eigenvalue weighted by atomic mass is 10.3. The fourth-order valence-electron chi connectivity index (χ4n) is 2.14. The minimum absolute atomic E-state index is 0.0935. The number of carbonyl (C=O) groups excluding carboxylic acids is 4. The van der Waals surface area contributed by atoms with Crippen molar-refractivity contribution in [3.63, 3.8) is 0 Å². The SMILES string of the molecule is CN1CC(=O)N(CC(=O)OCC(=O)Nc2ccccc2SCC#N)C1=O. The molecule has 0 bridgehead atoms. The lowest BCUT2D eigenvalue weighted by Crippen LogP contribution is -2.37. The van der Waals surface area contributed by atoms with Crippen LogP contribution in [0.3, 0.4) is 0 Å². The normalized spacial score (nSPS) is 13.5. The van der Waals surface area contributed by atoms with Crippen molar-refractivity contribution >= 4 is 41.3 Å². The van der Waals surface area contributed by atoms with E-state index < -0.39 is 37.0 Å². The topological polar surface area (TPSA) is 120 Å². The minimum Gasteiger partial charge on any atom is -0.454 e. The number of urea groups is 1. The van der Waals surface area contributed by atoms with Gasteiger partial charge in [-0.3, -0.25) is 19.3 Å². The molecule has 1 heterocycles. The number of anilines is 1. The number of esters is 1. The number of nitriles is 1. The standard InChI is InChI=1S/C16H16N4O5S/c1-19-8-14(22)20(16(19)24)9-15(23)25-10-13(21)18-11-4-2-3-5-12(11)26-7-6-17/h2-5H,7-10H2,1H3,(H,18,21). The predicted molar refractivity (Wildman–Crippen MR) is 92.1 cm³/mol. The highest BCUT2D eigenvalue weighted by atomic mass is 32.2. The number of carbonyl (C=O) groups is 4. The maximum absolute atomic E-state index is 11.9. The smallest absolute Gasteiger partial charge is 0.327 e. The van der Waals surface area contributed by atoms with Gasteiger partial charge in [-0.2, -0.15) is 5.26 Å². The van der Waals surface area contributed by atoms with Crippen molar-refractivity contribution in [3.8, 4) is 6.07 Å². The molecule has 0 atom stereocenters. The molecule has 0 aliphatic carbocycles. The quantitative estimate of drug-likeness (QED) is 0.422. The third-order valence-electron chi connectivity index (χ3n) is 3.34.